The Morgan fingerprint density at radius 1 is 1.33 bits per heavy atom. The number of methoxy groups -OCH3 is 1. The van der Waals surface area contributed by atoms with Gasteiger partial charge in [-0.25, -0.2) is 0 Å². The Labute approximate surface area is 111 Å². The minimum atomic E-state index is 0.511. The van der Waals surface area contributed by atoms with E-state index in [0.29, 0.717) is 16.5 Å². The lowest BCUT2D eigenvalue weighted by atomic mass is 10.0. The number of halogens is 1. The van der Waals surface area contributed by atoms with Crippen LogP contribution in [0.15, 0.2) is 12.1 Å². The van der Waals surface area contributed by atoms with Crippen molar-refractivity contribution in [3.8, 4) is 16.9 Å². The quantitative estimate of drug-likeness (QED) is 0.850. The molecule has 2 aromatic rings. The summed E-state index contributed by atoms with van der Waals surface area (Å²) in [5, 5.41) is 4.92. The van der Waals surface area contributed by atoms with E-state index in [2.05, 4.69) is 5.10 Å². The molecule has 5 heteroatoms. The van der Waals surface area contributed by atoms with Gasteiger partial charge in [0.25, 0.3) is 0 Å². The molecule has 0 bridgehead atoms. The molecule has 4 nitrogen and oxygen atoms in total. The third-order valence-corrected chi connectivity index (χ3v) is 3.42. The fraction of sp³-hybridized carbons (Fsp3) is 0.308. The van der Waals surface area contributed by atoms with Crippen molar-refractivity contribution in [2.45, 2.75) is 13.8 Å². The highest BCUT2D eigenvalue weighted by Crippen LogP contribution is 2.38. The summed E-state index contributed by atoms with van der Waals surface area (Å²) in [4.78, 5) is 0. The van der Waals surface area contributed by atoms with Crippen molar-refractivity contribution in [2.75, 3.05) is 12.8 Å². The van der Waals surface area contributed by atoms with Gasteiger partial charge in [-0.1, -0.05) is 11.6 Å². The van der Waals surface area contributed by atoms with Crippen LogP contribution in [0.5, 0.6) is 5.75 Å². The van der Waals surface area contributed by atoms with Gasteiger partial charge in [0.15, 0.2) is 0 Å². The van der Waals surface area contributed by atoms with E-state index in [-0.39, 0.29) is 0 Å². The molecule has 1 heterocycles. The summed E-state index contributed by atoms with van der Waals surface area (Å²) < 4.78 is 7.22. The van der Waals surface area contributed by atoms with E-state index < -0.39 is 0 Å². The molecule has 0 saturated heterocycles. The van der Waals surface area contributed by atoms with Crippen molar-refractivity contribution in [3.05, 3.63) is 28.5 Å². The largest absolute Gasteiger partial charge is 0.496 e. The highest BCUT2D eigenvalue weighted by atomic mass is 35.5. The molecule has 1 aromatic heterocycles. The first-order valence-corrected chi connectivity index (χ1v) is 5.97. The second kappa shape index (κ2) is 4.53. The van der Waals surface area contributed by atoms with E-state index in [0.717, 1.165) is 22.5 Å². The maximum atomic E-state index is 6.10. The molecule has 0 radical (unpaired) electrons. The molecule has 0 saturated carbocycles. The van der Waals surface area contributed by atoms with E-state index in [1.807, 2.05) is 31.6 Å². The molecular formula is C13H16ClN3O. The van der Waals surface area contributed by atoms with Crippen LogP contribution >= 0.6 is 11.6 Å². The third-order valence-electron chi connectivity index (χ3n) is 3.10. The number of nitrogen functional groups attached to an aromatic ring is 1. The van der Waals surface area contributed by atoms with Gasteiger partial charge in [-0.15, -0.1) is 0 Å². The molecule has 2 N–H and O–H groups in total. The molecule has 0 aliphatic heterocycles. The number of hydrogen-bond donors (Lipinski definition) is 1. The fourth-order valence-corrected chi connectivity index (χ4v) is 2.26. The van der Waals surface area contributed by atoms with Crippen molar-refractivity contribution >= 4 is 17.3 Å². The number of anilines is 1. The minimum Gasteiger partial charge on any atom is -0.496 e. The molecule has 96 valence electrons. The zero-order valence-electron chi connectivity index (χ0n) is 10.9. The van der Waals surface area contributed by atoms with E-state index in [1.54, 1.807) is 13.2 Å². The summed E-state index contributed by atoms with van der Waals surface area (Å²) in [6, 6.07) is 3.57. The van der Waals surface area contributed by atoms with Gasteiger partial charge >= 0.3 is 0 Å². The lowest BCUT2D eigenvalue weighted by molar-refractivity contribution is 0.416. The predicted octanol–water partition coefficient (Wildman–Crippen LogP) is 2.95. The average molecular weight is 266 g/mol. The highest BCUT2D eigenvalue weighted by molar-refractivity contribution is 6.33. The Morgan fingerprint density at radius 2 is 2.00 bits per heavy atom. The van der Waals surface area contributed by atoms with Crippen molar-refractivity contribution in [3.63, 3.8) is 0 Å². The fourth-order valence-electron chi connectivity index (χ4n) is 2.10. The Bertz CT molecular complexity index is 605. The van der Waals surface area contributed by atoms with Crippen molar-refractivity contribution in [2.24, 2.45) is 7.05 Å². The molecule has 18 heavy (non-hydrogen) atoms. The number of rotatable bonds is 2. The molecule has 0 atom stereocenters. The van der Waals surface area contributed by atoms with Gasteiger partial charge in [0.1, 0.15) is 5.75 Å². The molecule has 0 spiro atoms. The molecule has 0 unspecified atom stereocenters. The molecule has 0 aliphatic rings. The Kier molecular flexibility index (Phi) is 3.22. The van der Waals surface area contributed by atoms with Gasteiger partial charge in [0.2, 0.25) is 0 Å². The molecular weight excluding hydrogens is 250 g/mol. The predicted molar refractivity (Wildman–Crippen MR) is 74.1 cm³/mol. The van der Waals surface area contributed by atoms with Crippen LogP contribution in [0, 0.1) is 13.8 Å². The minimum absolute atomic E-state index is 0.511. The normalized spacial score (nSPS) is 10.7. The molecule has 0 aliphatic carbocycles. The van der Waals surface area contributed by atoms with Crippen molar-refractivity contribution in [1.29, 1.82) is 0 Å². The summed E-state index contributed by atoms with van der Waals surface area (Å²) in [5.41, 5.74) is 10.3. The first-order valence-electron chi connectivity index (χ1n) is 5.59. The van der Waals surface area contributed by atoms with Gasteiger partial charge < -0.3 is 10.5 Å². The molecule has 2 rings (SSSR count). The number of aryl methyl sites for hydroxylation is 2. The summed E-state index contributed by atoms with van der Waals surface area (Å²) >= 11 is 6.10. The van der Waals surface area contributed by atoms with Gasteiger partial charge in [0.05, 0.1) is 23.5 Å². The first-order chi connectivity index (χ1) is 8.45. The zero-order valence-corrected chi connectivity index (χ0v) is 11.7. The number of benzene rings is 1. The second-order valence-corrected chi connectivity index (χ2v) is 4.65. The summed E-state index contributed by atoms with van der Waals surface area (Å²) in [6.45, 7) is 3.98. The van der Waals surface area contributed by atoms with Crippen LogP contribution in [0.2, 0.25) is 5.02 Å². The third kappa shape index (κ3) is 1.93. The maximum absolute atomic E-state index is 6.10. The van der Waals surface area contributed by atoms with E-state index in [1.165, 1.54) is 0 Å². The van der Waals surface area contributed by atoms with Crippen LogP contribution in [-0.2, 0) is 7.05 Å². The molecule has 0 amide bonds. The smallest absolute Gasteiger partial charge is 0.128 e. The van der Waals surface area contributed by atoms with Gasteiger partial charge in [-0.2, -0.15) is 5.10 Å². The maximum Gasteiger partial charge on any atom is 0.128 e. The molecule has 0 fully saturated rings. The van der Waals surface area contributed by atoms with Gasteiger partial charge in [-0.05, 0) is 19.9 Å². The zero-order chi connectivity index (χ0) is 13.4. The number of nitrogens with two attached hydrogens (primary N) is 1. The second-order valence-electron chi connectivity index (χ2n) is 4.24. The number of nitrogens with zero attached hydrogens (tertiary/aromatic N) is 2. The monoisotopic (exact) mass is 265 g/mol. The van der Waals surface area contributed by atoms with Crippen LogP contribution < -0.4 is 10.5 Å². The number of aromatic nitrogens is 2. The highest BCUT2D eigenvalue weighted by Gasteiger charge is 2.17. The Balaban J connectivity index is 2.74. The topological polar surface area (TPSA) is 53.1 Å². The van der Waals surface area contributed by atoms with Crippen LogP contribution in [-0.4, -0.2) is 16.9 Å². The van der Waals surface area contributed by atoms with Crippen LogP contribution in [0.1, 0.15) is 11.4 Å². The number of ether oxygens (including phenoxy) is 1. The summed E-state index contributed by atoms with van der Waals surface area (Å²) in [6.07, 6.45) is 0. The van der Waals surface area contributed by atoms with Crippen LogP contribution in [0.3, 0.4) is 0 Å². The van der Waals surface area contributed by atoms with E-state index in [4.69, 9.17) is 22.1 Å². The van der Waals surface area contributed by atoms with Gasteiger partial charge in [-0.3, -0.25) is 4.68 Å². The lowest BCUT2D eigenvalue weighted by Gasteiger charge is -2.11. The van der Waals surface area contributed by atoms with Gasteiger partial charge in [0, 0.05) is 29.9 Å². The van der Waals surface area contributed by atoms with Crippen molar-refractivity contribution < 1.29 is 4.74 Å². The Morgan fingerprint density at radius 3 is 2.50 bits per heavy atom. The van der Waals surface area contributed by atoms with E-state index in [9.17, 15) is 0 Å². The summed E-state index contributed by atoms with van der Waals surface area (Å²) in [7, 11) is 3.53. The standard InChI is InChI=1S/C13H16ClN3O/c1-7-13(8(2)17(3)16-7)9-5-10(14)11(15)6-12(9)18-4/h5-6H,15H2,1-4H3. The van der Waals surface area contributed by atoms with Crippen LogP contribution in [0.25, 0.3) is 11.1 Å². The Hall–Kier alpha value is -1.68. The summed E-state index contributed by atoms with van der Waals surface area (Å²) in [5.74, 6) is 0.705. The first kappa shape index (κ1) is 12.8. The lowest BCUT2D eigenvalue weighted by Crippen LogP contribution is -1.95. The van der Waals surface area contributed by atoms with E-state index >= 15 is 0 Å². The van der Waals surface area contributed by atoms with Crippen LogP contribution in [0.4, 0.5) is 5.69 Å². The molecule has 1 aromatic carbocycles. The SMILES string of the molecule is COc1cc(N)c(Cl)cc1-c1c(C)nn(C)c1C. The number of hydrogen-bond acceptors (Lipinski definition) is 3. The van der Waals surface area contributed by atoms with Crippen molar-refractivity contribution in [1.82, 2.24) is 9.78 Å². The average Bonchev–Trinajstić information content (AvgIpc) is 2.57.